The molecule has 4 amide bonds. The summed E-state index contributed by atoms with van der Waals surface area (Å²) in [7, 11) is 0. The predicted molar refractivity (Wildman–Crippen MR) is 106 cm³/mol. The van der Waals surface area contributed by atoms with Gasteiger partial charge in [0.1, 0.15) is 5.54 Å². The van der Waals surface area contributed by atoms with Crippen molar-refractivity contribution in [2.75, 3.05) is 32.8 Å². The highest BCUT2D eigenvalue weighted by atomic mass is 32.1. The molecule has 1 aromatic heterocycles. The first kappa shape index (κ1) is 18.6. The molecule has 0 spiro atoms. The predicted octanol–water partition coefficient (Wildman–Crippen LogP) is 1.93. The van der Waals surface area contributed by atoms with Crippen molar-refractivity contribution in [3.05, 3.63) is 58.3 Å². The molecule has 0 bridgehead atoms. The Kier molecular flexibility index (Phi) is 4.91. The Hall–Kier alpha value is -2.71. The number of urea groups is 1. The SMILES string of the molecule is C[C@@]1(c2ccccc2)NC(=O)N(CN2CCN(C(=O)c3cccs3)CC2)C1=O. The van der Waals surface area contributed by atoms with Crippen LogP contribution in [0.15, 0.2) is 47.8 Å². The first-order valence-corrected chi connectivity index (χ1v) is 10.1. The highest BCUT2D eigenvalue weighted by Crippen LogP contribution is 2.28. The van der Waals surface area contributed by atoms with E-state index >= 15 is 0 Å². The van der Waals surface area contributed by atoms with Gasteiger partial charge in [-0.25, -0.2) is 9.69 Å². The molecule has 2 aromatic rings. The summed E-state index contributed by atoms with van der Waals surface area (Å²) in [5, 5.41) is 4.72. The molecular weight excluding hydrogens is 376 g/mol. The first-order chi connectivity index (χ1) is 13.5. The molecule has 7 nitrogen and oxygen atoms in total. The number of amides is 4. The third-order valence-electron chi connectivity index (χ3n) is 5.36. The number of rotatable bonds is 4. The molecule has 0 aliphatic carbocycles. The molecule has 4 rings (SSSR count). The van der Waals surface area contributed by atoms with E-state index in [1.165, 1.54) is 16.2 Å². The van der Waals surface area contributed by atoms with Crippen molar-refractivity contribution in [3.63, 3.8) is 0 Å². The van der Waals surface area contributed by atoms with E-state index in [-0.39, 0.29) is 24.5 Å². The number of imide groups is 1. The Morgan fingerprint density at radius 3 is 2.43 bits per heavy atom. The largest absolute Gasteiger partial charge is 0.335 e. The minimum atomic E-state index is -1.05. The van der Waals surface area contributed by atoms with Gasteiger partial charge in [-0.2, -0.15) is 0 Å². The lowest BCUT2D eigenvalue weighted by Crippen LogP contribution is -2.52. The van der Waals surface area contributed by atoms with Crippen molar-refractivity contribution in [2.45, 2.75) is 12.5 Å². The summed E-state index contributed by atoms with van der Waals surface area (Å²) >= 11 is 1.44. The second kappa shape index (κ2) is 7.37. The zero-order valence-electron chi connectivity index (χ0n) is 15.6. The fourth-order valence-corrected chi connectivity index (χ4v) is 4.33. The summed E-state index contributed by atoms with van der Waals surface area (Å²) in [5.74, 6) is -0.206. The van der Waals surface area contributed by atoms with Crippen LogP contribution in [0, 0.1) is 0 Å². The Morgan fingerprint density at radius 1 is 1.07 bits per heavy atom. The maximum absolute atomic E-state index is 13.0. The Morgan fingerprint density at radius 2 is 1.79 bits per heavy atom. The number of nitrogens with zero attached hydrogens (tertiary/aromatic N) is 3. The van der Waals surface area contributed by atoms with E-state index in [0.29, 0.717) is 26.2 Å². The van der Waals surface area contributed by atoms with E-state index in [2.05, 4.69) is 5.32 Å². The van der Waals surface area contributed by atoms with Crippen molar-refractivity contribution >= 4 is 29.2 Å². The lowest BCUT2D eigenvalue weighted by molar-refractivity contribution is -0.132. The van der Waals surface area contributed by atoms with Crippen LogP contribution in [0.25, 0.3) is 0 Å². The maximum Gasteiger partial charge on any atom is 0.326 e. The summed E-state index contributed by atoms with van der Waals surface area (Å²) in [6.07, 6.45) is 0. The maximum atomic E-state index is 13.0. The fourth-order valence-electron chi connectivity index (χ4n) is 3.64. The zero-order valence-corrected chi connectivity index (χ0v) is 16.4. The van der Waals surface area contributed by atoms with E-state index in [1.54, 1.807) is 6.92 Å². The number of piperazine rings is 1. The molecule has 1 atom stereocenters. The van der Waals surface area contributed by atoms with E-state index < -0.39 is 5.54 Å². The average molecular weight is 398 g/mol. The summed E-state index contributed by atoms with van der Waals surface area (Å²) in [6.45, 7) is 4.37. The van der Waals surface area contributed by atoms with Crippen molar-refractivity contribution in [2.24, 2.45) is 0 Å². The van der Waals surface area contributed by atoms with Crippen molar-refractivity contribution in [1.29, 1.82) is 0 Å². The van der Waals surface area contributed by atoms with E-state index in [4.69, 9.17) is 0 Å². The van der Waals surface area contributed by atoms with Gasteiger partial charge in [0.15, 0.2) is 0 Å². The van der Waals surface area contributed by atoms with Gasteiger partial charge >= 0.3 is 6.03 Å². The summed E-state index contributed by atoms with van der Waals surface area (Å²) < 4.78 is 0. The molecular formula is C20H22N4O3S. The highest BCUT2D eigenvalue weighted by Gasteiger charge is 2.49. The van der Waals surface area contributed by atoms with Crippen LogP contribution in [0.4, 0.5) is 4.79 Å². The van der Waals surface area contributed by atoms with Crippen LogP contribution in [0.3, 0.4) is 0 Å². The number of hydrogen-bond acceptors (Lipinski definition) is 5. The third kappa shape index (κ3) is 3.29. The molecule has 146 valence electrons. The third-order valence-corrected chi connectivity index (χ3v) is 6.22. The van der Waals surface area contributed by atoms with Crippen molar-refractivity contribution < 1.29 is 14.4 Å². The molecule has 2 saturated heterocycles. The Labute approximate surface area is 167 Å². The van der Waals surface area contributed by atoms with Crippen molar-refractivity contribution in [1.82, 2.24) is 20.0 Å². The molecule has 2 aliphatic heterocycles. The van der Waals surface area contributed by atoms with Crippen LogP contribution in [0.1, 0.15) is 22.2 Å². The van der Waals surface area contributed by atoms with Crippen LogP contribution >= 0.6 is 11.3 Å². The average Bonchev–Trinajstić information content (AvgIpc) is 3.33. The van der Waals surface area contributed by atoms with Crippen LogP contribution < -0.4 is 5.32 Å². The number of nitrogens with one attached hydrogen (secondary N) is 1. The van der Waals surface area contributed by atoms with Crippen molar-refractivity contribution in [3.8, 4) is 0 Å². The second-order valence-electron chi connectivity index (χ2n) is 7.18. The van der Waals surface area contributed by atoms with E-state index in [1.807, 2.05) is 57.6 Å². The second-order valence-corrected chi connectivity index (χ2v) is 8.13. The number of benzene rings is 1. The first-order valence-electron chi connectivity index (χ1n) is 9.24. The molecule has 2 fully saturated rings. The van der Waals surface area contributed by atoms with E-state index in [0.717, 1.165) is 10.4 Å². The topological polar surface area (TPSA) is 73.0 Å². The lowest BCUT2D eigenvalue weighted by Gasteiger charge is -2.35. The summed E-state index contributed by atoms with van der Waals surface area (Å²) in [6, 6.07) is 12.6. The van der Waals surface area contributed by atoms with Gasteiger partial charge in [-0.1, -0.05) is 36.4 Å². The minimum absolute atomic E-state index is 0.0429. The highest BCUT2D eigenvalue weighted by molar-refractivity contribution is 7.12. The molecule has 0 radical (unpaired) electrons. The molecule has 28 heavy (non-hydrogen) atoms. The number of carbonyl (C=O) groups excluding carboxylic acids is 3. The molecule has 3 heterocycles. The zero-order chi connectivity index (χ0) is 19.7. The molecule has 1 N–H and O–H groups in total. The van der Waals surface area contributed by atoms with E-state index in [9.17, 15) is 14.4 Å². The quantitative estimate of drug-likeness (QED) is 0.799. The van der Waals surface area contributed by atoms with Crippen LogP contribution in [-0.2, 0) is 10.3 Å². The fraction of sp³-hybridized carbons (Fsp3) is 0.350. The summed E-state index contributed by atoms with van der Waals surface area (Å²) in [4.78, 5) is 43.8. The molecule has 0 unspecified atom stereocenters. The van der Waals surface area contributed by atoms with Gasteiger partial charge in [-0.05, 0) is 23.9 Å². The van der Waals surface area contributed by atoms with Crippen LogP contribution in [-0.4, -0.2) is 65.4 Å². The molecule has 0 saturated carbocycles. The lowest BCUT2D eigenvalue weighted by atomic mass is 9.92. The van der Waals surface area contributed by atoms with Gasteiger partial charge in [-0.3, -0.25) is 14.5 Å². The Bertz CT molecular complexity index is 878. The molecule has 8 heteroatoms. The van der Waals surface area contributed by atoms with Gasteiger partial charge in [0, 0.05) is 26.2 Å². The van der Waals surface area contributed by atoms with Gasteiger partial charge in [0.2, 0.25) is 0 Å². The monoisotopic (exact) mass is 398 g/mol. The number of hydrogen-bond donors (Lipinski definition) is 1. The number of carbonyl (C=O) groups is 3. The standard InChI is InChI=1S/C20H22N4O3S/c1-20(15-6-3-2-4-7-15)18(26)24(19(27)21-20)14-22-9-11-23(12-10-22)17(25)16-8-5-13-28-16/h2-8,13H,9-12,14H2,1H3,(H,21,27)/t20-/m0/s1. The summed E-state index contributed by atoms with van der Waals surface area (Å²) in [5.41, 5.74) is -0.280. The van der Waals surface area contributed by atoms with Gasteiger partial charge in [-0.15, -0.1) is 11.3 Å². The van der Waals surface area contributed by atoms with Gasteiger partial charge in [0.25, 0.3) is 11.8 Å². The van der Waals surface area contributed by atoms with Crippen LogP contribution in [0.5, 0.6) is 0 Å². The molecule has 1 aromatic carbocycles. The molecule has 2 aliphatic rings. The minimum Gasteiger partial charge on any atom is -0.335 e. The van der Waals surface area contributed by atoms with Gasteiger partial charge < -0.3 is 10.2 Å². The Balaban J connectivity index is 1.38. The smallest absolute Gasteiger partial charge is 0.326 e. The van der Waals surface area contributed by atoms with Gasteiger partial charge in [0.05, 0.1) is 11.5 Å². The number of thiophene rings is 1. The normalized spacial score (nSPS) is 23.2. The van der Waals surface area contributed by atoms with Crippen LogP contribution in [0.2, 0.25) is 0 Å².